The summed E-state index contributed by atoms with van der Waals surface area (Å²) in [5.74, 6) is 0. The van der Waals surface area contributed by atoms with Gasteiger partial charge in [0.1, 0.15) is 0 Å². The molecule has 0 spiro atoms. The zero-order chi connectivity index (χ0) is 14.8. The molecule has 0 atom stereocenters. The molecule has 1 aromatic carbocycles. The van der Waals surface area contributed by atoms with Crippen LogP contribution in [0, 0.1) is 6.92 Å². The maximum Gasteiger partial charge on any atom is 0.0678 e. The van der Waals surface area contributed by atoms with Crippen molar-refractivity contribution < 1.29 is 0 Å². The van der Waals surface area contributed by atoms with Crippen LogP contribution in [0.5, 0.6) is 0 Å². The molecular weight excluding hydrogens is 246 g/mol. The fourth-order valence-electron chi connectivity index (χ4n) is 2.30. The van der Waals surface area contributed by atoms with Gasteiger partial charge in [0.05, 0.1) is 11.9 Å². The summed E-state index contributed by atoms with van der Waals surface area (Å²) < 4.78 is 2.08. The van der Waals surface area contributed by atoms with E-state index in [0.717, 1.165) is 13.0 Å². The highest BCUT2D eigenvalue weighted by Gasteiger charge is 2.14. The Kier molecular flexibility index (Phi) is 4.29. The number of benzene rings is 1. The van der Waals surface area contributed by atoms with Crippen molar-refractivity contribution in [2.24, 2.45) is 0 Å². The Morgan fingerprint density at radius 1 is 1.20 bits per heavy atom. The molecule has 108 valence electrons. The summed E-state index contributed by atoms with van der Waals surface area (Å²) in [7, 11) is 0. The summed E-state index contributed by atoms with van der Waals surface area (Å²) >= 11 is 0. The number of hydrogen-bond acceptors (Lipinski definition) is 2. The van der Waals surface area contributed by atoms with Crippen LogP contribution in [0.3, 0.4) is 0 Å². The van der Waals surface area contributed by atoms with Gasteiger partial charge in [0.15, 0.2) is 0 Å². The summed E-state index contributed by atoms with van der Waals surface area (Å²) in [5.41, 5.74) is 5.11. The molecule has 1 heterocycles. The van der Waals surface area contributed by atoms with Crippen LogP contribution in [0.4, 0.5) is 0 Å². The fraction of sp³-hybridized carbons (Fsp3) is 0.471. The second-order valence-corrected chi connectivity index (χ2v) is 6.27. The SMILES string of the molecule is CCc1c(CNC(C)(C)C)cnn1-c1ccccc1C. The van der Waals surface area contributed by atoms with Crippen LogP contribution in [-0.2, 0) is 13.0 Å². The molecule has 0 aliphatic heterocycles. The van der Waals surface area contributed by atoms with E-state index in [4.69, 9.17) is 0 Å². The first-order chi connectivity index (χ1) is 9.42. The number of hydrogen-bond donors (Lipinski definition) is 1. The Hall–Kier alpha value is -1.61. The van der Waals surface area contributed by atoms with Gasteiger partial charge in [0.2, 0.25) is 0 Å². The lowest BCUT2D eigenvalue weighted by atomic mass is 10.1. The lowest BCUT2D eigenvalue weighted by Gasteiger charge is -2.20. The van der Waals surface area contributed by atoms with Gasteiger partial charge in [-0.2, -0.15) is 5.10 Å². The quantitative estimate of drug-likeness (QED) is 0.920. The van der Waals surface area contributed by atoms with Gasteiger partial charge in [0, 0.05) is 23.3 Å². The minimum atomic E-state index is 0.121. The normalized spacial score (nSPS) is 11.8. The van der Waals surface area contributed by atoms with E-state index in [2.05, 4.69) is 74.0 Å². The Morgan fingerprint density at radius 2 is 1.90 bits per heavy atom. The van der Waals surface area contributed by atoms with E-state index < -0.39 is 0 Å². The Balaban J connectivity index is 2.33. The minimum absolute atomic E-state index is 0.121. The largest absolute Gasteiger partial charge is 0.308 e. The Bertz CT molecular complexity index is 576. The standard InChI is InChI=1S/C17H25N3/c1-6-15-14(11-18-17(3,4)5)12-19-20(15)16-10-8-7-9-13(16)2/h7-10,12,18H,6,11H2,1-5H3. The topological polar surface area (TPSA) is 29.9 Å². The molecule has 0 saturated heterocycles. The third-order valence-corrected chi connectivity index (χ3v) is 3.44. The van der Waals surface area contributed by atoms with Crippen molar-refractivity contribution in [3.8, 4) is 5.69 Å². The van der Waals surface area contributed by atoms with Crippen molar-refractivity contribution in [2.75, 3.05) is 0 Å². The van der Waals surface area contributed by atoms with Gasteiger partial charge in [-0.05, 0) is 45.7 Å². The molecule has 2 rings (SSSR count). The molecular formula is C17H25N3. The van der Waals surface area contributed by atoms with Gasteiger partial charge in [-0.3, -0.25) is 0 Å². The lowest BCUT2D eigenvalue weighted by Crippen LogP contribution is -2.35. The smallest absolute Gasteiger partial charge is 0.0678 e. The van der Waals surface area contributed by atoms with E-state index in [0.29, 0.717) is 0 Å². The molecule has 0 amide bonds. The molecule has 0 radical (unpaired) electrons. The van der Waals surface area contributed by atoms with Crippen molar-refractivity contribution in [3.63, 3.8) is 0 Å². The van der Waals surface area contributed by atoms with E-state index in [-0.39, 0.29) is 5.54 Å². The van der Waals surface area contributed by atoms with Gasteiger partial charge in [0.25, 0.3) is 0 Å². The van der Waals surface area contributed by atoms with Crippen molar-refractivity contribution in [1.82, 2.24) is 15.1 Å². The third-order valence-electron chi connectivity index (χ3n) is 3.44. The molecule has 3 nitrogen and oxygen atoms in total. The number of nitrogens with one attached hydrogen (secondary N) is 1. The van der Waals surface area contributed by atoms with Crippen molar-refractivity contribution in [3.05, 3.63) is 47.3 Å². The molecule has 0 bridgehead atoms. The lowest BCUT2D eigenvalue weighted by molar-refractivity contribution is 0.423. The molecule has 2 aromatic rings. The number of aryl methyl sites for hydroxylation is 1. The molecule has 1 N–H and O–H groups in total. The molecule has 20 heavy (non-hydrogen) atoms. The predicted octanol–water partition coefficient (Wildman–Crippen LogP) is 3.63. The highest BCUT2D eigenvalue weighted by molar-refractivity contribution is 5.41. The van der Waals surface area contributed by atoms with E-state index in [1.54, 1.807) is 0 Å². The van der Waals surface area contributed by atoms with Gasteiger partial charge in [-0.15, -0.1) is 0 Å². The van der Waals surface area contributed by atoms with E-state index in [9.17, 15) is 0 Å². The first kappa shape index (κ1) is 14.8. The maximum absolute atomic E-state index is 4.60. The van der Waals surface area contributed by atoms with Crippen LogP contribution in [0.1, 0.15) is 44.5 Å². The van der Waals surface area contributed by atoms with Gasteiger partial charge >= 0.3 is 0 Å². The van der Waals surface area contributed by atoms with Crippen LogP contribution < -0.4 is 5.32 Å². The fourth-order valence-corrected chi connectivity index (χ4v) is 2.30. The molecule has 0 unspecified atom stereocenters. The van der Waals surface area contributed by atoms with E-state index in [1.165, 1.54) is 22.5 Å². The summed E-state index contributed by atoms with van der Waals surface area (Å²) in [6.07, 6.45) is 2.97. The minimum Gasteiger partial charge on any atom is -0.308 e. The predicted molar refractivity (Wildman–Crippen MR) is 84.3 cm³/mol. The maximum atomic E-state index is 4.60. The van der Waals surface area contributed by atoms with Gasteiger partial charge in [-0.1, -0.05) is 25.1 Å². The van der Waals surface area contributed by atoms with Gasteiger partial charge in [-0.25, -0.2) is 4.68 Å². The Labute approximate surface area is 122 Å². The first-order valence-electron chi connectivity index (χ1n) is 7.29. The molecule has 0 aliphatic carbocycles. The molecule has 0 fully saturated rings. The van der Waals surface area contributed by atoms with Crippen LogP contribution >= 0.6 is 0 Å². The molecule has 3 heteroatoms. The van der Waals surface area contributed by atoms with E-state index in [1.807, 2.05) is 6.20 Å². The highest BCUT2D eigenvalue weighted by atomic mass is 15.3. The second-order valence-electron chi connectivity index (χ2n) is 6.27. The second kappa shape index (κ2) is 5.80. The summed E-state index contributed by atoms with van der Waals surface area (Å²) in [6, 6.07) is 8.39. The number of para-hydroxylation sites is 1. The first-order valence-corrected chi connectivity index (χ1v) is 7.29. The summed E-state index contributed by atoms with van der Waals surface area (Å²) in [6.45, 7) is 11.7. The van der Waals surface area contributed by atoms with Crippen LogP contribution in [0.2, 0.25) is 0 Å². The highest BCUT2D eigenvalue weighted by Crippen LogP contribution is 2.19. The van der Waals surface area contributed by atoms with Gasteiger partial charge < -0.3 is 5.32 Å². The number of rotatable bonds is 4. The van der Waals surface area contributed by atoms with Crippen molar-refractivity contribution >= 4 is 0 Å². The number of aromatic nitrogens is 2. The van der Waals surface area contributed by atoms with Crippen LogP contribution in [-0.4, -0.2) is 15.3 Å². The monoisotopic (exact) mass is 271 g/mol. The zero-order valence-corrected chi connectivity index (χ0v) is 13.2. The van der Waals surface area contributed by atoms with Crippen molar-refractivity contribution in [2.45, 2.75) is 53.1 Å². The molecule has 1 aromatic heterocycles. The van der Waals surface area contributed by atoms with Crippen LogP contribution in [0.15, 0.2) is 30.5 Å². The third kappa shape index (κ3) is 3.28. The zero-order valence-electron chi connectivity index (χ0n) is 13.2. The summed E-state index contributed by atoms with van der Waals surface area (Å²) in [4.78, 5) is 0. The molecule has 0 aliphatic rings. The van der Waals surface area contributed by atoms with E-state index >= 15 is 0 Å². The Morgan fingerprint density at radius 3 is 2.50 bits per heavy atom. The average Bonchev–Trinajstić information content (AvgIpc) is 2.79. The number of nitrogens with zero attached hydrogens (tertiary/aromatic N) is 2. The molecule has 0 saturated carbocycles. The van der Waals surface area contributed by atoms with Crippen molar-refractivity contribution in [1.29, 1.82) is 0 Å². The van der Waals surface area contributed by atoms with Crippen LogP contribution in [0.25, 0.3) is 5.69 Å². The summed E-state index contributed by atoms with van der Waals surface area (Å²) in [5, 5.41) is 8.13. The average molecular weight is 271 g/mol.